The third-order valence-corrected chi connectivity index (χ3v) is 3.88. The van der Waals surface area contributed by atoms with Crippen LogP contribution in [0.2, 0.25) is 5.02 Å². The Bertz CT molecular complexity index is 662. The molecule has 1 unspecified atom stereocenters. The predicted octanol–water partition coefficient (Wildman–Crippen LogP) is 3.20. The minimum atomic E-state index is -0.172. The normalized spacial score (nSPS) is 14.6. The van der Waals surface area contributed by atoms with Crippen LogP contribution in [0.1, 0.15) is 23.3 Å². The van der Waals surface area contributed by atoms with Gasteiger partial charge in [0.25, 0.3) is 5.91 Å². The third-order valence-electron chi connectivity index (χ3n) is 3.65. The highest BCUT2D eigenvalue weighted by Crippen LogP contribution is 2.32. The van der Waals surface area contributed by atoms with E-state index in [-0.39, 0.29) is 36.8 Å². The molecule has 0 radical (unpaired) electrons. The van der Waals surface area contributed by atoms with Crippen LogP contribution < -0.4 is 11.1 Å². The smallest absolute Gasteiger partial charge is 0.270 e. The van der Waals surface area contributed by atoms with Crippen LogP contribution in [0.3, 0.4) is 0 Å². The molecule has 0 spiro atoms. The van der Waals surface area contributed by atoms with Gasteiger partial charge in [0, 0.05) is 23.0 Å². The fourth-order valence-electron chi connectivity index (χ4n) is 2.33. The Balaban J connectivity index is 0.00000121. The number of hydrogen-bond acceptors (Lipinski definition) is 3. The van der Waals surface area contributed by atoms with Crippen molar-refractivity contribution in [3.8, 4) is 0 Å². The zero-order chi connectivity index (χ0) is 14.1. The largest absolute Gasteiger partial charge is 0.346 e. The molecule has 2 aromatic rings. The van der Waals surface area contributed by atoms with E-state index < -0.39 is 0 Å². The molecule has 0 bridgehead atoms. The van der Waals surface area contributed by atoms with Gasteiger partial charge in [0.05, 0.1) is 5.52 Å². The highest BCUT2D eigenvalue weighted by Gasteiger charge is 2.31. The first-order chi connectivity index (χ1) is 9.67. The molecule has 1 aromatic heterocycles. The summed E-state index contributed by atoms with van der Waals surface area (Å²) in [5.41, 5.74) is 6.82. The van der Waals surface area contributed by atoms with Crippen LogP contribution in [0.15, 0.2) is 30.3 Å². The highest BCUT2D eigenvalue weighted by molar-refractivity contribution is 6.31. The SMILES string of the molecule is Cl.Cl.NCC(NC(=O)c1ccc2ccc(Cl)cc2n1)C1CC1. The Morgan fingerprint density at radius 1 is 1.32 bits per heavy atom. The Kier molecular flexibility index (Phi) is 6.88. The van der Waals surface area contributed by atoms with Gasteiger partial charge in [-0.25, -0.2) is 4.98 Å². The number of hydrogen-bond donors (Lipinski definition) is 2. The second-order valence-corrected chi connectivity index (χ2v) is 5.62. The Labute approximate surface area is 146 Å². The minimum Gasteiger partial charge on any atom is -0.346 e. The van der Waals surface area contributed by atoms with Crippen LogP contribution in [-0.4, -0.2) is 23.5 Å². The highest BCUT2D eigenvalue weighted by atomic mass is 35.5. The van der Waals surface area contributed by atoms with Gasteiger partial charge < -0.3 is 11.1 Å². The van der Waals surface area contributed by atoms with Gasteiger partial charge in [0.15, 0.2) is 0 Å². The average molecular weight is 363 g/mol. The van der Waals surface area contributed by atoms with E-state index in [0.717, 1.165) is 23.7 Å². The van der Waals surface area contributed by atoms with Crippen LogP contribution >= 0.6 is 36.4 Å². The average Bonchev–Trinajstić information content (AvgIpc) is 3.28. The number of nitrogens with one attached hydrogen (secondary N) is 1. The predicted molar refractivity (Wildman–Crippen MR) is 94.3 cm³/mol. The molecule has 3 rings (SSSR count). The summed E-state index contributed by atoms with van der Waals surface area (Å²) in [4.78, 5) is 16.6. The lowest BCUT2D eigenvalue weighted by Crippen LogP contribution is -2.42. The molecule has 1 saturated carbocycles. The maximum Gasteiger partial charge on any atom is 0.270 e. The van der Waals surface area contributed by atoms with Crippen molar-refractivity contribution < 1.29 is 4.79 Å². The topological polar surface area (TPSA) is 68.0 Å². The van der Waals surface area contributed by atoms with Crippen LogP contribution in [0, 0.1) is 5.92 Å². The number of fused-ring (bicyclic) bond motifs is 1. The summed E-state index contributed by atoms with van der Waals surface area (Å²) in [6.45, 7) is 0.468. The van der Waals surface area contributed by atoms with Crippen molar-refractivity contribution >= 4 is 53.2 Å². The zero-order valence-electron chi connectivity index (χ0n) is 11.8. The molecule has 1 aromatic carbocycles. The molecule has 1 amide bonds. The molecule has 0 saturated heterocycles. The van der Waals surface area contributed by atoms with E-state index in [1.54, 1.807) is 12.1 Å². The number of aromatic nitrogens is 1. The maximum atomic E-state index is 12.2. The van der Waals surface area contributed by atoms with Crippen LogP contribution in [0.25, 0.3) is 10.9 Å². The van der Waals surface area contributed by atoms with Gasteiger partial charge in [-0.3, -0.25) is 4.79 Å². The van der Waals surface area contributed by atoms with E-state index >= 15 is 0 Å². The monoisotopic (exact) mass is 361 g/mol. The van der Waals surface area contributed by atoms with Crippen molar-refractivity contribution in [1.29, 1.82) is 0 Å². The van der Waals surface area contributed by atoms with Crippen LogP contribution in [0.5, 0.6) is 0 Å². The van der Waals surface area contributed by atoms with Crippen molar-refractivity contribution in [3.63, 3.8) is 0 Å². The number of benzene rings is 1. The molecule has 1 aliphatic carbocycles. The van der Waals surface area contributed by atoms with Gasteiger partial charge in [-0.15, -0.1) is 24.8 Å². The molecule has 0 aliphatic heterocycles. The van der Waals surface area contributed by atoms with Gasteiger partial charge in [0.1, 0.15) is 5.69 Å². The van der Waals surface area contributed by atoms with Crippen LogP contribution in [-0.2, 0) is 0 Å². The van der Waals surface area contributed by atoms with Gasteiger partial charge in [-0.05, 0) is 37.0 Å². The van der Waals surface area contributed by atoms with Crippen molar-refractivity contribution in [3.05, 3.63) is 41.0 Å². The number of carbonyl (C=O) groups is 1. The number of amides is 1. The first-order valence-corrected chi connectivity index (χ1v) is 7.12. The standard InChI is InChI=1S/C15H16ClN3O.2ClH/c16-11-5-3-9-4-6-12(18-13(9)7-11)15(20)19-14(8-17)10-1-2-10;;/h3-7,10,14H,1-2,8,17H2,(H,19,20);2*1H. The van der Waals surface area contributed by atoms with E-state index in [1.807, 2.05) is 18.2 Å². The van der Waals surface area contributed by atoms with E-state index in [1.165, 1.54) is 0 Å². The lowest BCUT2D eigenvalue weighted by molar-refractivity contribution is 0.0929. The number of pyridine rings is 1. The first kappa shape index (κ1) is 19.0. The second-order valence-electron chi connectivity index (χ2n) is 5.19. The van der Waals surface area contributed by atoms with Gasteiger partial charge in [0.2, 0.25) is 0 Å². The molecular formula is C15H18Cl3N3O. The number of rotatable bonds is 4. The van der Waals surface area contributed by atoms with E-state index in [4.69, 9.17) is 17.3 Å². The summed E-state index contributed by atoms with van der Waals surface area (Å²) < 4.78 is 0. The quantitative estimate of drug-likeness (QED) is 0.877. The summed E-state index contributed by atoms with van der Waals surface area (Å²) in [5.74, 6) is 0.355. The van der Waals surface area contributed by atoms with Gasteiger partial charge in [-0.2, -0.15) is 0 Å². The summed E-state index contributed by atoms with van der Waals surface area (Å²) in [6.07, 6.45) is 2.28. The molecule has 4 nitrogen and oxygen atoms in total. The first-order valence-electron chi connectivity index (χ1n) is 6.74. The van der Waals surface area contributed by atoms with E-state index in [2.05, 4.69) is 10.3 Å². The molecule has 1 aliphatic rings. The minimum absolute atomic E-state index is 0. The fraction of sp³-hybridized carbons (Fsp3) is 0.333. The number of nitrogens with two attached hydrogens (primary N) is 1. The van der Waals surface area contributed by atoms with Crippen molar-refractivity contribution in [2.75, 3.05) is 6.54 Å². The zero-order valence-corrected chi connectivity index (χ0v) is 14.2. The molecule has 3 N–H and O–H groups in total. The lowest BCUT2D eigenvalue weighted by Gasteiger charge is -2.15. The summed E-state index contributed by atoms with van der Waals surface area (Å²) in [7, 11) is 0. The molecular weight excluding hydrogens is 345 g/mol. The summed E-state index contributed by atoms with van der Waals surface area (Å²) in [5, 5.41) is 4.54. The molecule has 1 atom stereocenters. The molecule has 7 heteroatoms. The van der Waals surface area contributed by atoms with Crippen molar-refractivity contribution in [1.82, 2.24) is 10.3 Å². The Morgan fingerprint density at radius 3 is 2.64 bits per heavy atom. The van der Waals surface area contributed by atoms with Crippen LogP contribution in [0.4, 0.5) is 0 Å². The van der Waals surface area contributed by atoms with E-state index in [9.17, 15) is 4.79 Å². The van der Waals surface area contributed by atoms with E-state index in [0.29, 0.717) is 23.2 Å². The molecule has 22 heavy (non-hydrogen) atoms. The maximum absolute atomic E-state index is 12.2. The number of carbonyl (C=O) groups excluding carboxylic acids is 1. The molecule has 120 valence electrons. The summed E-state index contributed by atoms with van der Waals surface area (Å²) >= 11 is 5.95. The number of halogens is 3. The second kappa shape index (κ2) is 7.97. The lowest BCUT2D eigenvalue weighted by atomic mass is 10.1. The van der Waals surface area contributed by atoms with Gasteiger partial charge in [-0.1, -0.05) is 23.7 Å². The molecule has 1 fully saturated rings. The Hall–Kier alpha value is -1.07. The summed E-state index contributed by atoms with van der Waals surface area (Å²) in [6, 6.07) is 9.12. The van der Waals surface area contributed by atoms with Crippen molar-refractivity contribution in [2.24, 2.45) is 11.7 Å². The van der Waals surface area contributed by atoms with Gasteiger partial charge >= 0.3 is 0 Å². The third kappa shape index (κ3) is 4.23. The molecule has 1 heterocycles. The fourth-order valence-corrected chi connectivity index (χ4v) is 2.49. The Morgan fingerprint density at radius 2 is 2.00 bits per heavy atom. The number of nitrogens with zero attached hydrogens (tertiary/aromatic N) is 1. The van der Waals surface area contributed by atoms with Crippen molar-refractivity contribution in [2.45, 2.75) is 18.9 Å².